The average molecular weight is 208 g/mol. The first kappa shape index (κ1) is 10.9. The molecule has 0 aliphatic carbocycles. The minimum Gasteiger partial charge on any atom is -0.351 e. The van der Waals surface area contributed by atoms with Gasteiger partial charge in [0.2, 0.25) is 0 Å². The highest BCUT2D eigenvalue weighted by Crippen LogP contribution is 2.27. The van der Waals surface area contributed by atoms with Crippen molar-refractivity contribution < 1.29 is 18.0 Å². The Morgan fingerprint density at radius 1 is 1.50 bits per heavy atom. The van der Waals surface area contributed by atoms with E-state index >= 15 is 0 Å². The zero-order chi connectivity index (χ0) is 10.8. The first-order valence-corrected chi connectivity index (χ1v) is 4.18. The Kier molecular flexibility index (Phi) is 3.03. The van der Waals surface area contributed by atoms with E-state index in [-0.39, 0.29) is 13.0 Å². The molecule has 0 fully saturated rings. The number of urea groups is 1. The number of carbonyl (C=O) groups excluding carboxylic acids is 1. The second kappa shape index (κ2) is 3.89. The number of rotatable bonds is 1. The van der Waals surface area contributed by atoms with Crippen LogP contribution in [0.2, 0.25) is 0 Å². The lowest BCUT2D eigenvalue weighted by molar-refractivity contribution is -0.144. The van der Waals surface area contributed by atoms with Crippen molar-refractivity contribution in [2.45, 2.75) is 25.1 Å². The van der Waals surface area contributed by atoms with Gasteiger partial charge in [0, 0.05) is 12.6 Å². The molecule has 1 heterocycles. The lowest BCUT2D eigenvalue weighted by Crippen LogP contribution is -2.46. The van der Waals surface area contributed by atoms with Gasteiger partial charge in [0.25, 0.3) is 0 Å². The molecule has 0 aromatic heterocycles. The molecule has 6 heteroatoms. The molecule has 2 amide bonds. The molecule has 0 radical (unpaired) electrons. The fourth-order valence-corrected chi connectivity index (χ4v) is 1.45. The lowest BCUT2D eigenvalue weighted by atomic mass is 10.0. The summed E-state index contributed by atoms with van der Waals surface area (Å²) in [5.74, 6) is 0. The number of hydrogen-bond donors (Lipinski definition) is 1. The second-order valence-electron chi connectivity index (χ2n) is 3.17. The summed E-state index contributed by atoms with van der Waals surface area (Å²) < 4.78 is 36.2. The maximum atomic E-state index is 12.1. The lowest BCUT2D eigenvalue weighted by Gasteiger charge is -2.31. The predicted octanol–water partition coefficient (Wildman–Crippen LogP) is 1.65. The molecule has 3 nitrogen and oxygen atoms in total. The summed E-state index contributed by atoms with van der Waals surface area (Å²) in [6, 6.07) is -1.65. The van der Waals surface area contributed by atoms with Gasteiger partial charge in [-0.3, -0.25) is 0 Å². The Balaban J connectivity index is 2.65. The Bertz CT molecular complexity index is 249. The van der Waals surface area contributed by atoms with Crippen LogP contribution in [0.5, 0.6) is 0 Å². The molecular weight excluding hydrogens is 197 g/mol. The van der Waals surface area contributed by atoms with Crippen LogP contribution >= 0.6 is 0 Å². The zero-order valence-corrected chi connectivity index (χ0v) is 7.42. The van der Waals surface area contributed by atoms with Crippen molar-refractivity contribution in [1.29, 1.82) is 0 Å². The summed E-state index contributed by atoms with van der Waals surface area (Å²) in [7, 11) is 0. The Labute approximate surface area is 79.4 Å². The summed E-state index contributed by atoms with van der Waals surface area (Å²) in [5.41, 5.74) is 4.96. The van der Waals surface area contributed by atoms with E-state index in [1.165, 1.54) is 0 Å². The smallest absolute Gasteiger partial charge is 0.351 e. The van der Waals surface area contributed by atoms with E-state index in [0.717, 1.165) is 4.90 Å². The molecule has 1 atom stereocenters. The van der Waals surface area contributed by atoms with Gasteiger partial charge in [0.15, 0.2) is 0 Å². The number of nitrogens with two attached hydrogens (primary N) is 1. The second-order valence-corrected chi connectivity index (χ2v) is 3.17. The van der Waals surface area contributed by atoms with Crippen molar-refractivity contribution >= 4 is 6.03 Å². The van der Waals surface area contributed by atoms with E-state index in [1.54, 1.807) is 12.2 Å². The van der Waals surface area contributed by atoms with E-state index < -0.39 is 24.7 Å². The van der Waals surface area contributed by atoms with Gasteiger partial charge in [-0.25, -0.2) is 4.79 Å². The summed E-state index contributed by atoms with van der Waals surface area (Å²) in [6.45, 7) is 0.163. The minimum atomic E-state index is -4.26. The van der Waals surface area contributed by atoms with Crippen LogP contribution in [-0.2, 0) is 0 Å². The number of carbonyl (C=O) groups is 1. The fraction of sp³-hybridized carbons (Fsp3) is 0.625. The Morgan fingerprint density at radius 3 is 2.64 bits per heavy atom. The van der Waals surface area contributed by atoms with Crippen molar-refractivity contribution in [2.75, 3.05) is 6.54 Å². The molecule has 0 bridgehead atoms. The third kappa shape index (κ3) is 2.93. The highest BCUT2D eigenvalue weighted by atomic mass is 19.4. The quantitative estimate of drug-likeness (QED) is 0.654. The van der Waals surface area contributed by atoms with Crippen molar-refractivity contribution in [1.82, 2.24) is 4.90 Å². The molecular formula is C8H11F3N2O. The van der Waals surface area contributed by atoms with Crippen LogP contribution in [0.15, 0.2) is 12.2 Å². The number of hydrogen-bond acceptors (Lipinski definition) is 1. The molecule has 14 heavy (non-hydrogen) atoms. The molecule has 1 rings (SSSR count). The monoisotopic (exact) mass is 208 g/mol. The molecule has 1 aliphatic heterocycles. The first-order chi connectivity index (χ1) is 6.40. The topological polar surface area (TPSA) is 46.3 Å². The average Bonchev–Trinajstić information content (AvgIpc) is 2.01. The Morgan fingerprint density at radius 2 is 2.14 bits per heavy atom. The standard InChI is InChI=1S/C8H11F3N2O/c9-8(10,11)5-6-3-1-2-4-13(6)7(12)14/h1-2,6H,3-5H2,(H2,12,14). The highest BCUT2D eigenvalue weighted by Gasteiger charge is 2.35. The van der Waals surface area contributed by atoms with Gasteiger partial charge < -0.3 is 10.6 Å². The van der Waals surface area contributed by atoms with Crippen LogP contribution < -0.4 is 5.73 Å². The van der Waals surface area contributed by atoms with Crippen LogP contribution in [0.1, 0.15) is 12.8 Å². The van der Waals surface area contributed by atoms with Gasteiger partial charge in [-0.1, -0.05) is 12.2 Å². The van der Waals surface area contributed by atoms with Crippen LogP contribution in [0, 0.1) is 0 Å². The maximum absolute atomic E-state index is 12.1. The molecule has 1 aliphatic rings. The largest absolute Gasteiger partial charge is 0.391 e. The summed E-state index contributed by atoms with van der Waals surface area (Å²) in [4.78, 5) is 11.8. The van der Waals surface area contributed by atoms with E-state index in [9.17, 15) is 18.0 Å². The normalized spacial score (nSPS) is 22.5. The van der Waals surface area contributed by atoms with Gasteiger partial charge >= 0.3 is 12.2 Å². The van der Waals surface area contributed by atoms with Gasteiger partial charge in [-0.15, -0.1) is 0 Å². The first-order valence-electron chi connectivity index (χ1n) is 4.18. The summed E-state index contributed by atoms with van der Waals surface area (Å²) in [5, 5.41) is 0. The van der Waals surface area contributed by atoms with Crippen molar-refractivity contribution in [3.63, 3.8) is 0 Å². The fourth-order valence-electron chi connectivity index (χ4n) is 1.45. The van der Waals surface area contributed by atoms with E-state index in [1.807, 2.05) is 0 Å². The molecule has 80 valence electrons. The zero-order valence-electron chi connectivity index (χ0n) is 7.42. The number of amides is 2. The van der Waals surface area contributed by atoms with Gasteiger partial charge in [0.1, 0.15) is 0 Å². The van der Waals surface area contributed by atoms with Crippen LogP contribution in [0.25, 0.3) is 0 Å². The maximum Gasteiger partial charge on any atom is 0.391 e. The van der Waals surface area contributed by atoms with E-state index in [4.69, 9.17) is 5.73 Å². The number of primary amides is 1. The number of halogens is 3. The number of nitrogens with zero attached hydrogens (tertiary/aromatic N) is 1. The van der Waals surface area contributed by atoms with Crippen molar-refractivity contribution in [3.05, 3.63) is 12.2 Å². The van der Waals surface area contributed by atoms with Gasteiger partial charge in [-0.05, 0) is 6.42 Å². The third-order valence-electron chi connectivity index (χ3n) is 2.07. The van der Waals surface area contributed by atoms with Gasteiger partial charge in [0.05, 0.1) is 6.42 Å². The van der Waals surface area contributed by atoms with Crippen LogP contribution in [0.3, 0.4) is 0 Å². The molecule has 1 unspecified atom stereocenters. The van der Waals surface area contributed by atoms with E-state index in [0.29, 0.717) is 0 Å². The Hall–Kier alpha value is -1.20. The summed E-state index contributed by atoms with van der Waals surface area (Å²) in [6.07, 6.45) is -1.78. The molecule has 0 saturated carbocycles. The molecule has 0 aromatic rings. The molecule has 0 aromatic carbocycles. The van der Waals surface area contributed by atoms with Crippen LogP contribution in [0.4, 0.5) is 18.0 Å². The van der Waals surface area contributed by atoms with Gasteiger partial charge in [-0.2, -0.15) is 13.2 Å². The number of alkyl halides is 3. The van der Waals surface area contributed by atoms with E-state index in [2.05, 4.69) is 0 Å². The van der Waals surface area contributed by atoms with Crippen molar-refractivity contribution in [3.8, 4) is 0 Å². The minimum absolute atomic E-state index is 0.163. The summed E-state index contributed by atoms with van der Waals surface area (Å²) >= 11 is 0. The highest BCUT2D eigenvalue weighted by molar-refractivity contribution is 5.72. The molecule has 2 N–H and O–H groups in total. The molecule has 0 spiro atoms. The third-order valence-corrected chi connectivity index (χ3v) is 2.07. The van der Waals surface area contributed by atoms with Crippen molar-refractivity contribution in [2.24, 2.45) is 5.73 Å². The predicted molar refractivity (Wildman–Crippen MR) is 44.5 cm³/mol. The van der Waals surface area contributed by atoms with Crippen LogP contribution in [-0.4, -0.2) is 29.7 Å². The SMILES string of the molecule is NC(=O)N1CC=CCC1CC(F)(F)F. The molecule has 0 saturated heterocycles.